The van der Waals surface area contributed by atoms with Gasteiger partial charge in [-0.3, -0.25) is 9.89 Å². The average molecular weight is 312 g/mol. The first-order chi connectivity index (χ1) is 11.1. The summed E-state index contributed by atoms with van der Waals surface area (Å²) < 4.78 is 0. The molecule has 23 heavy (non-hydrogen) atoms. The Balaban J connectivity index is 1.66. The number of amides is 1. The Labute approximate surface area is 137 Å². The summed E-state index contributed by atoms with van der Waals surface area (Å²) >= 11 is 0. The highest BCUT2D eigenvalue weighted by Crippen LogP contribution is 2.20. The van der Waals surface area contributed by atoms with Crippen LogP contribution in [0.2, 0.25) is 0 Å². The summed E-state index contributed by atoms with van der Waals surface area (Å²) in [5.41, 5.74) is 2.66. The van der Waals surface area contributed by atoms with Crippen LogP contribution in [0.4, 0.5) is 0 Å². The summed E-state index contributed by atoms with van der Waals surface area (Å²) in [6.45, 7) is 5.96. The van der Waals surface area contributed by atoms with Crippen LogP contribution in [0.1, 0.15) is 37.0 Å². The Morgan fingerprint density at radius 3 is 2.74 bits per heavy atom. The maximum atomic E-state index is 12.7. The van der Waals surface area contributed by atoms with Gasteiger partial charge < -0.3 is 10.2 Å². The van der Waals surface area contributed by atoms with Crippen LogP contribution < -0.4 is 5.32 Å². The van der Waals surface area contributed by atoms with E-state index in [-0.39, 0.29) is 5.91 Å². The third kappa shape index (κ3) is 3.79. The Morgan fingerprint density at radius 1 is 1.30 bits per heavy atom. The monoisotopic (exact) mass is 312 g/mol. The molecule has 2 N–H and O–H groups in total. The summed E-state index contributed by atoms with van der Waals surface area (Å²) in [4.78, 5) is 14.7. The molecule has 0 bridgehead atoms. The largest absolute Gasteiger partial charge is 0.339 e. The van der Waals surface area contributed by atoms with Gasteiger partial charge in [0.25, 0.3) is 5.91 Å². The molecule has 0 radical (unpaired) electrons. The number of H-pyrrole nitrogens is 1. The number of likely N-dealkylation sites (tertiary alicyclic amines) is 1. The van der Waals surface area contributed by atoms with Gasteiger partial charge in [0.15, 0.2) is 0 Å². The van der Waals surface area contributed by atoms with Gasteiger partial charge >= 0.3 is 0 Å². The van der Waals surface area contributed by atoms with E-state index in [0.29, 0.717) is 12.1 Å². The van der Waals surface area contributed by atoms with Crippen LogP contribution >= 0.6 is 0 Å². The normalized spacial score (nSPS) is 16.0. The van der Waals surface area contributed by atoms with Crippen LogP contribution in [-0.4, -0.2) is 46.2 Å². The standard InChI is InChI=1S/C18H24N4O/c1-13(2)20-16-7-10-22(11-8-16)18(23)15-5-3-4-14(12-15)17-6-9-19-21-17/h3-6,9,12-13,16,20H,7-8,10-11H2,1-2H3,(H,19,21). The highest BCUT2D eigenvalue weighted by Gasteiger charge is 2.24. The number of hydrogen-bond acceptors (Lipinski definition) is 3. The van der Waals surface area contributed by atoms with E-state index in [1.807, 2.05) is 35.2 Å². The maximum Gasteiger partial charge on any atom is 0.253 e. The molecular weight excluding hydrogens is 288 g/mol. The summed E-state index contributed by atoms with van der Waals surface area (Å²) in [6, 6.07) is 10.7. The Hall–Kier alpha value is -2.14. The second-order valence-corrected chi connectivity index (χ2v) is 6.44. The van der Waals surface area contributed by atoms with Gasteiger partial charge in [-0.25, -0.2) is 0 Å². The fourth-order valence-corrected chi connectivity index (χ4v) is 3.14. The molecule has 0 saturated carbocycles. The van der Waals surface area contributed by atoms with Crippen LogP contribution in [-0.2, 0) is 0 Å². The zero-order chi connectivity index (χ0) is 16.2. The predicted molar refractivity (Wildman–Crippen MR) is 91.2 cm³/mol. The van der Waals surface area contributed by atoms with Gasteiger partial charge in [0, 0.05) is 42.5 Å². The topological polar surface area (TPSA) is 61.0 Å². The number of nitrogens with one attached hydrogen (secondary N) is 2. The Morgan fingerprint density at radius 2 is 2.09 bits per heavy atom. The molecule has 5 heteroatoms. The van der Waals surface area contributed by atoms with Crippen LogP contribution in [0, 0.1) is 0 Å². The van der Waals surface area contributed by atoms with E-state index in [1.165, 1.54) is 0 Å². The number of hydrogen-bond donors (Lipinski definition) is 2. The summed E-state index contributed by atoms with van der Waals surface area (Å²) in [5.74, 6) is 0.120. The van der Waals surface area contributed by atoms with Crippen molar-refractivity contribution >= 4 is 5.91 Å². The van der Waals surface area contributed by atoms with Gasteiger partial charge in [-0.15, -0.1) is 0 Å². The van der Waals surface area contributed by atoms with Crippen LogP contribution in [0.15, 0.2) is 36.5 Å². The molecule has 0 atom stereocenters. The lowest BCUT2D eigenvalue weighted by Gasteiger charge is -2.33. The second kappa shape index (κ2) is 6.96. The van der Waals surface area contributed by atoms with Gasteiger partial charge in [-0.05, 0) is 31.0 Å². The lowest BCUT2D eigenvalue weighted by atomic mass is 10.0. The van der Waals surface area contributed by atoms with E-state index < -0.39 is 0 Å². The number of piperidine rings is 1. The number of benzene rings is 1. The fourth-order valence-electron chi connectivity index (χ4n) is 3.14. The van der Waals surface area contributed by atoms with Crippen molar-refractivity contribution in [3.8, 4) is 11.3 Å². The van der Waals surface area contributed by atoms with Crippen LogP contribution in [0.3, 0.4) is 0 Å². The van der Waals surface area contributed by atoms with Crippen molar-refractivity contribution in [3.63, 3.8) is 0 Å². The molecule has 1 aromatic carbocycles. The van der Waals surface area contributed by atoms with Gasteiger partial charge in [0.1, 0.15) is 0 Å². The molecular formula is C18H24N4O. The first-order valence-corrected chi connectivity index (χ1v) is 8.28. The molecule has 2 heterocycles. The zero-order valence-electron chi connectivity index (χ0n) is 13.7. The van der Waals surface area contributed by atoms with E-state index in [1.54, 1.807) is 6.20 Å². The smallest absolute Gasteiger partial charge is 0.253 e. The second-order valence-electron chi connectivity index (χ2n) is 6.44. The lowest BCUT2D eigenvalue weighted by molar-refractivity contribution is 0.0703. The van der Waals surface area contributed by atoms with Crippen LogP contribution in [0.25, 0.3) is 11.3 Å². The third-order valence-corrected chi connectivity index (χ3v) is 4.27. The number of aromatic nitrogens is 2. The summed E-state index contributed by atoms with van der Waals surface area (Å²) in [6.07, 6.45) is 3.75. The lowest BCUT2D eigenvalue weighted by Crippen LogP contribution is -2.46. The van der Waals surface area contributed by atoms with Crippen molar-refractivity contribution < 1.29 is 4.79 Å². The van der Waals surface area contributed by atoms with Gasteiger partial charge in [0.2, 0.25) is 0 Å². The van der Waals surface area contributed by atoms with Crippen molar-refractivity contribution in [2.75, 3.05) is 13.1 Å². The molecule has 1 aliphatic heterocycles. The fraction of sp³-hybridized carbons (Fsp3) is 0.444. The summed E-state index contributed by atoms with van der Waals surface area (Å²) in [5, 5.41) is 10.5. The van der Waals surface area contributed by atoms with Gasteiger partial charge in [-0.1, -0.05) is 26.0 Å². The summed E-state index contributed by atoms with van der Waals surface area (Å²) in [7, 11) is 0. The van der Waals surface area contributed by atoms with E-state index in [2.05, 4.69) is 29.4 Å². The average Bonchev–Trinajstić information content (AvgIpc) is 3.09. The molecule has 0 spiro atoms. The molecule has 2 aromatic rings. The minimum Gasteiger partial charge on any atom is -0.339 e. The Bertz CT molecular complexity index is 643. The van der Waals surface area contributed by atoms with Crippen molar-refractivity contribution in [3.05, 3.63) is 42.1 Å². The highest BCUT2D eigenvalue weighted by atomic mass is 16.2. The van der Waals surface area contributed by atoms with E-state index in [0.717, 1.165) is 42.8 Å². The van der Waals surface area contributed by atoms with Gasteiger partial charge in [-0.2, -0.15) is 5.10 Å². The third-order valence-electron chi connectivity index (χ3n) is 4.27. The van der Waals surface area contributed by atoms with E-state index in [9.17, 15) is 4.79 Å². The first kappa shape index (κ1) is 15.7. The molecule has 1 amide bonds. The van der Waals surface area contributed by atoms with E-state index >= 15 is 0 Å². The Kier molecular flexibility index (Phi) is 4.76. The quantitative estimate of drug-likeness (QED) is 0.912. The van der Waals surface area contributed by atoms with E-state index in [4.69, 9.17) is 0 Å². The molecule has 0 aliphatic carbocycles. The number of carbonyl (C=O) groups is 1. The number of nitrogens with zero attached hydrogens (tertiary/aromatic N) is 2. The molecule has 1 aromatic heterocycles. The van der Waals surface area contributed by atoms with Crippen LogP contribution in [0.5, 0.6) is 0 Å². The predicted octanol–water partition coefficient (Wildman–Crippen LogP) is 2.68. The van der Waals surface area contributed by atoms with Gasteiger partial charge in [0.05, 0.1) is 5.69 Å². The van der Waals surface area contributed by atoms with Crippen molar-refractivity contribution in [1.29, 1.82) is 0 Å². The number of rotatable bonds is 4. The molecule has 1 saturated heterocycles. The first-order valence-electron chi connectivity index (χ1n) is 8.28. The maximum absolute atomic E-state index is 12.7. The van der Waals surface area contributed by atoms with Crippen molar-refractivity contribution in [1.82, 2.24) is 20.4 Å². The molecule has 1 aliphatic rings. The molecule has 5 nitrogen and oxygen atoms in total. The molecule has 1 fully saturated rings. The number of carbonyl (C=O) groups excluding carboxylic acids is 1. The molecule has 122 valence electrons. The highest BCUT2D eigenvalue weighted by molar-refractivity contribution is 5.95. The molecule has 3 rings (SSSR count). The SMILES string of the molecule is CC(C)NC1CCN(C(=O)c2cccc(-c3ccn[nH]3)c2)CC1. The minimum atomic E-state index is 0.120. The minimum absolute atomic E-state index is 0.120. The zero-order valence-corrected chi connectivity index (χ0v) is 13.7. The van der Waals surface area contributed by atoms with Crippen molar-refractivity contribution in [2.45, 2.75) is 38.8 Å². The number of aromatic amines is 1. The van der Waals surface area contributed by atoms with Crippen molar-refractivity contribution in [2.24, 2.45) is 0 Å². The molecule has 0 unspecified atom stereocenters.